The van der Waals surface area contributed by atoms with E-state index in [-0.39, 0.29) is 6.61 Å². The van der Waals surface area contributed by atoms with Crippen LogP contribution in [0.25, 0.3) is 10.9 Å². The maximum absolute atomic E-state index is 12.1. The lowest BCUT2D eigenvalue weighted by atomic mass is 10.1. The molecule has 0 saturated carbocycles. The predicted molar refractivity (Wildman–Crippen MR) is 130 cm³/mol. The molecule has 0 bridgehead atoms. The summed E-state index contributed by atoms with van der Waals surface area (Å²) in [4.78, 5) is 12.1. The first-order valence-electron chi connectivity index (χ1n) is 10.0. The molecule has 1 amide bonds. The molecule has 0 aliphatic carbocycles. The Hall–Kier alpha value is -3.79. The minimum Gasteiger partial charge on any atom is -0.482 e. The summed E-state index contributed by atoms with van der Waals surface area (Å²) < 4.78 is 7.47. The molecule has 1 heterocycles. The second kappa shape index (κ2) is 10.2. The number of rotatable bonds is 7. The van der Waals surface area contributed by atoms with Crippen LogP contribution in [0.2, 0.25) is 10.0 Å². The minimum atomic E-state index is -0.427. The van der Waals surface area contributed by atoms with Gasteiger partial charge in [0.25, 0.3) is 5.91 Å². The van der Waals surface area contributed by atoms with Crippen molar-refractivity contribution in [3.63, 3.8) is 0 Å². The van der Waals surface area contributed by atoms with Crippen LogP contribution >= 0.6 is 23.2 Å². The maximum atomic E-state index is 12.1. The summed E-state index contributed by atoms with van der Waals surface area (Å²) in [5, 5.41) is 15.2. The second-order valence-corrected chi connectivity index (χ2v) is 8.00. The van der Waals surface area contributed by atoms with E-state index >= 15 is 0 Å². The van der Waals surface area contributed by atoms with Gasteiger partial charge < -0.3 is 9.30 Å². The molecule has 4 aromatic rings. The first kappa shape index (κ1) is 22.4. The first-order valence-corrected chi connectivity index (χ1v) is 10.8. The van der Waals surface area contributed by atoms with E-state index in [9.17, 15) is 10.1 Å². The van der Waals surface area contributed by atoms with E-state index in [1.54, 1.807) is 30.5 Å². The Kier molecular flexibility index (Phi) is 6.94. The summed E-state index contributed by atoms with van der Waals surface area (Å²) in [7, 11) is 0. The third kappa shape index (κ3) is 5.35. The summed E-state index contributed by atoms with van der Waals surface area (Å²) in [5.41, 5.74) is 5.86. The van der Waals surface area contributed by atoms with Gasteiger partial charge in [0.2, 0.25) is 0 Å². The van der Waals surface area contributed by atoms with Crippen molar-refractivity contribution in [3.05, 3.63) is 99.7 Å². The molecular formula is C25H18Cl2N4O2. The SMILES string of the molecule is N#Cc1ccccc1Cn1cc(C=NNC(=O)COc2ccc(Cl)cc2Cl)c2ccccc21. The number of nitriles is 1. The highest BCUT2D eigenvalue weighted by Gasteiger charge is 2.10. The zero-order valence-corrected chi connectivity index (χ0v) is 18.8. The Labute approximate surface area is 200 Å². The molecule has 1 aromatic heterocycles. The number of nitrogens with one attached hydrogen (secondary N) is 1. The number of hydrogen-bond donors (Lipinski definition) is 1. The highest BCUT2D eigenvalue weighted by atomic mass is 35.5. The Morgan fingerprint density at radius 3 is 2.73 bits per heavy atom. The Bertz CT molecular complexity index is 1390. The molecule has 0 unspecified atom stereocenters. The number of nitrogens with zero attached hydrogens (tertiary/aromatic N) is 3. The average Bonchev–Trinajstić information content (AvgIpc) is 3.16. The third-order valence-electron chi connectivity index (χ3n) is 4.94. The van der Waals surface area contributed by atoms with Gasteiger partial charge in [0, 0.05) is 34.2 Å². The first-order chi connectivity index (χ1) is 16.0. The molecule has 33 heavy (non-hydrogen) atoms. The van der Waals surface area contributed by atoms with Gasteiger partial charge in [-0.15, -0.1) is 0 Å². The van der Waals surface area contributed by atoms with E-state index in [1.807, 2.05) is 48.7 Å². The van der Waals surface area contributed by atoms with Gasteiger partial charge in [-0.05, 0) is 35.9 Å². The molecule has 0 radical (unpaired) electrons. The van der Waals surface area contributed by atoms with Crippen molar-refractivity contribution in [1.29, 1.82) is 5.26 Å². The van der Waals surface area contributed by atoms with Crippen molar-refractivity contribution < 1.29 is 9.53 Å². The van der Waals surface area contributed by atoms with Gasteiger partial charge in [-0.25, -0.2) is 5.43 Å². The molecule has 8 heteroatoms. The van der Waals surface area contributed by atoms with Crippen LogP contribution < -0.4 is 10.2 Å². The predicted octanol–water partition coefficient (Wildman–Crippen LogP) is 5.40. The fourth-order valence-electron chi connectivity index (χ4n) is 3.40. The molecule has 0 saturated heterocycles. The molecule has 6 nitrogen and oxygen atoms in total. The average molecular weight is 477 g/mol. The van der Waals surface area contributed by atoms with Gasteiger partial charge in [0.1, 0.15) is 5.75 Å². The molecule has 0 spiro atoms. The van der Waals surface area contributed by atoms with E-state index in [0.29, 0.717) is 27.9 Å². The van der Waals surface area contributed by atoms with Crippen LogP contribution in [0, 0.1) is 11.3 Å². The number of carbonyl (C=O) groups is 1. The number of aromatic nitrogens is 1. The number of fused-ring (bicyclic) bond motifs is 1. The van der Waals surface area contributed by atoms with Gasteiger partial charge in [-0.3, -0.25) is 4.79 Å². The standard InChI is InChI=1S/C25H18Cl2N4O2/c26-20-9-10-24(22(27)11-20)33-16-25(32)30-29-13-19-15-31(23-8-4-3-7-21(19)23)14-18-6-2-1-5-17(18)12-28/h1-11,13,15H,14,16H2,(H,30,32). The van der Waals surface area contributed by atoms with E-state index in [1.165, 1.54) is 0 Å². The van der Waals surface area contributed by atoms with Crippen molar-refractivity contribution in [2.24, 2.45) is 5.10 Å². The highest BCUT2D eigenvalue weighted by Crippen LogP contribution is 2.27. The fraction of sp³-hybridized carbons (Fsp3) is 0.0800. The van der Waals surface area contributed by atoms with Crippen LogP contribution in [0.3, 0.4) is 0 Å². The molecular weight excluding hydrogens is 459 g/mol. The number of hydrazone groups is 1. The normalized spacial score (nSPS) is 10.9. The van der Waals surface area contributed by atoms with Crippen LogP contribution in [-0.2, 0) is 11.3 Å². The van der Waals surface area contributed by atoms with Crippen LogP contribution in [0.5, 0.6) is 5.75 Å². The largest absolute Gasteiger partial charge is 0.482 e. The lowest BCUT2D eigenvalue weighted by molar-refractivity contribution is -0.123. The van der Waals surface area contributed by atoms with Crippen molar-refractivity contribution >= 4 is 46.2 Å². The van der Waals surface area contributed by atoms with Gasteiger partial charge in [-0.2, -0.15) is 10.4 Å². The van der Waals surface area contributed by atoms with E-state index < -0.39 is 5.91 Å². The summed E-state index contributed by atoms with van der Waals surface area (Å²) in [6.07, 6.45) is 3.53. The van der Waals surface area contributed by atoms with Gasteiger partial charge in [-0.1, -0.05) is 59.6 Å². The van der Waals surface area contributed by atoms with Gasteiger partial charge >= 0.3 is 0 Å². The zero-order valence-electron chi connectivity index (χ0n) is 17.3. The number of para-hydroxylation sites is 1. The highest BCUT2D eigenvalue weighted by molar-refractivity contribution is 6.35. The van der Waals surface area contributed by atoms with Crippen molar-refractivity contribution in [1.82, 2.24) is 9.99 Å². The smallest absolute Gasteiger partial charge is 0.277 e. The topological polar surface area (TPSA) is 79.4 Å². The fourth-order valence-corrected chi connectivity index (χ4v) is 3.86. The monoisotopic (exact) mass is 476 g/mol. The summed E-state index contributed by atoms with van der Waals surface area (Å²) >= 11 is 11.9. The summed E-state index contributed by atoms with van der Waals surface area (Å²) in [5.74, 6) is -0.0649. The van der Waals surface area contributed by atoms with E-state index in [0.717, 1.165) is 22.0 Å². The molecule has 4 rings (SSSR count). The van der Waals surface area contributed by atoms with Crippen LogP contribution in [0.1, 0.15) is 16.7 Å². The van der Waals surface area contributed by atoms with Gasteiger partial charge in [0.05, 0.1) is 22.9 Å². The molecule has 164 valence electrons. The quantitative estimate of drug-likeness (QED) is 0.286. The number of halogens is 2. The minimum absolute atomic E-state index is 0.245. The van der Waals surface area contributed by atoms with Crippen LogP contribution in [-0.4, -0.2) is 23.3 Å². The molecule has 0 fully saturated rings. The van der Waals surface area contributed by atoms with Crippen molar-refractivity contribution in [2.75, 3.05) is 6.61 Å². The number of carbonyl (C=O) groups excluding carboxylic acids is 1. The molecule has 1 N–H and O–H groups in total. The second-order valence-electron chi connectivity index (χ2n) is 7.16. The Morgan fingerprint density at radius 2 is 1.91 bits per heavy atom. The molecule has 0 atom stereocenters. The Balaban J connectivity index is 1.46. The molecule has 0 aliphatic rings. The lowest BCUT2D eigenvalue weighted by Crippen LogP contribution is -2.24. The van der Waals surface area contributed by atoms with Crippen LogP contribution in [0.4, 0.5) is 0 Å². The summed E-state index contributed by atoms with van der Waals surface area (Å²) in [6, 6.07) is 22.4. The summed E-state index contributed by atoms with van der Waals surface area (Å²) in [6.45, 7) is 0.297. The lowest BCUT2D eigenvalue weighted by Gasteiger charge is -2.07. The third-order valence-corrected chi connectivity index (χ3v) is 5.47. The number of ether oxygens (including phenoxy) is 1. The number of amides is 1. The van der Waals surface area contributed by atoms with Crippen LogP contribution in [0.15, 0.2) is 78.0 Å². The molecule has 3 aromatic carbocycles. The van der Waals surface area contributed by atoms with E-state index in [4.69, 9.17) is 27.9 Å². The molecule has 0 aliphatic heterocycles. The number of hydrogen-bond acceptors (Lipinski definition) is 4. The van der Waals surface area contributed by atoms with Crippen molar-refractivity contribution in [3.8, 4) is 11.8 Å². The maximum Gasteiger partial charge on any atom is 0.277 e. The number of benzene rings is 3. The van der Waals surface area contributed by atoms with Gasteiger partial charge in [0.15, 0.2) is 6.61 Å². The van der Waals surface area contributed by atoms with Crippen molar-refractivity contribution in [2.45, 2.75) is 6.54 Å². The van der Waals surface area contributed by atoms with E-state index in [2.05, 4.69) is 21.2 Å². The zero-order chi connectivity index (χ0) is 23.2. The Morgan fingerprint density at radius 1 is 1.12 bits per heavy atom.